The second kappa shape index (κ2) is 20.6. The van der Waals surface area contributed by atoms with E-state index in [0.29, 0.717) is 92.5 Å². The number of carbonyl (C=O) groups is 2. The number of amides is 2. The second-order valence-electron chi connectivity index (χ2n) is 19.9. The summed E-state index contributed by atoms with van der Waals surface area (Å²) in [5, 5.41) is 7.43. The number of alkyl halides is 4. The van der Waals surface area contributed by atoms with Crippen molar-refractivity contribution >= 4 is 63.0 Å². The number of hydrogen-bond donors (Lipinski definition) is 2. The number of hydrogen-bond acceptors (Lipinski definition) is 14. The van der Waals surface area contributed by atoms with Crippen LogP contribution in [0.4, 0.5) is 35.1 Å². The molecule has 2 amide bonds. The second-order valence-corrected chi connectivity index (χ2v) is 20.9. The summed E-state index contributed by atoms with van der Waals surface area (Å²) in [7, 11) is 3.14. The third kappa shape index (κ3) is 10.8. The van der Waals surface area contributed by atoms with Gasteiger partial charge >= 0.3 is 5.92 Å². The molecule has 8 aromatic rings. The van der Waals surface area contributed by atoms with Crippen LogP contribution in [0.1, 0.15) is 39.0 Å². The zero-order valence-corrected chi connectivity index (χ0v) is 43.3. The molecule has 9 heterocycles. The van der Waals surface area contributed by atoms with Crippen molar-refractivity contribution in [2.75, 3.05) is 47.5 Å². The zero-order chi connectivity index (χ0) is 54.5. The van der Waals surface area contributed by atoms with Crippen LogP contribution in [0.3, 0.4) is 0 Å². The van der Waals surface area contributed by atoms with Crippen molar-refractivity contribution in [2.45, 2.75) is 68.1 Å². The van der Waals surface area contributed by atoms with Crippen molar-refractivity contribution in [1.82, 2.24) is 39.0 Å². The Bertz CT molecular complexity index is 3810. The summed E-state index contributed by atoms with van der Waals surface area (Å²) in [6.07, 6.45) is 6.47. The van der Waals surface area contributed by atoms with Crippen LogP contribution in [0.2, 0.25) is 0 Å². The van der Waals surface area contributed by atoms with Crippen molar-refractivity contribution in [3.63, 3.8) is 0 Å². The Morgan fingerprint density at radius 1 is 0.692 bits per heavy atom. The summed E-state index contributed by atoms with van der Waals surface area (Å²) in [4.78, 5) is 80.0. The van der Waals surface area contributed by atoms with Crippen LogP contribution in [0.15, 0.2) is 124 Å². The van der Waals surface area contributed by atoms with Gasteiger partial charge < -0.3 is 29.5 Å². The maximum absolute atomic E-state index is 14.8. The standard InChI is InChI=1S/C55H50F4N12O6S/c1-32(72)64-47-26-37(14-19-60-47)76-35-6-11-42-34(24-35)5-9-44(66-42)40-29-63-53(69(3)51(40)75)78-23-16-46-45(71(46)22-18-55(58,59)31-71)12-13-49(73)67-48-27-38(15-20-61-48)77-36-7-10-41-33(25-36)4-8-43(65-41)39-28-62-52(68(2)50(39)74)70-21-17-54(56,57)30-70/h4-11,14-15,19-20,24-29,45-46H,12-13,16-18,21-23,30-31H2,1-3H3,(H-,60,61,64,67,72,73)/p+1. The molecule has 3 fully saturated rings. The Hall–Kier alpha value is -8.31. The summed E-state index contributed by atoms with van der Waals surface area (Å²) in [6, 6.07) is 23.9. The van der Waals surface area contributed by atoms with Crippen molar-refractivity contribution in [2.24, 2.45) is 14.1 Å². The lowest BCUT2D eigenvalue weighted by atomic mass is 10.1. The normalized spacial score (nSPS) is 19.1. The van der Waals surface area contributed by atoms with E-state index in [2.05, 4.69) is 35.6 Å². The molecule has 6 aromatic heterocycles. The molecule has 0 aliphatic carbocycles. The van der Waals surface area contributed by atoms with Crippen molar-refractivity contribution in [3.05, 3.63) is 130 Å². The van der Waals surface area contributed by atoms with E-state index in [1.807, 2.05) is 12.1 Å². The van der Waals surface area contributed by atoms with Gasteiger partial charge in [-0.05, 0) is 60.7 Å². The van der Waals surface area contributed by atoms with Crippen LogP contribution in [0, 0.1) is 0 Å². The first kappa shape index (κ1) is 51.8. The highest BCUT2D eigenvalue weighted by atomic mass is 32.2. The fourth-order valence-electron chi connectivity index (χ4n) is 10.7. The number of carbonyl (C=O) groups excluding carboxylic acids is 2. The molecule has 0 bridgehead atoms. The number of fused-ring (bicyclic) bond motifs is 2. The maximum atomic E-state index is 14.8. The lowest BCUT2D eigenvalue weighted by Gasteiger charge is -2.20. The molecule has 18 nitrogen and oxygen atoms in total. The fraction of sp³-hybridized carbons (Fsp3) is 0.309. The lowest BCUT2D eigenvalue weighted by Crippen LogP contribution is -2.32. The third-order valence-corrected chi connectivity index (χ3v) is 15.6. The number of ether oxygens (including phenoxy) is 2. The predicted octanol–water partition coefficient (Wildman–Crippen LogP) is 8.99. The highest BCUT2D eigenvalue weighted by Gasteiger charge is 2.71. The quantitative estimate of drug-likeness (QED) is 0.0305. The number of anilines is 3. The summed E-state index contributed by atoms with van der Waals surface area (Å²) >= 11 is 1.38. The molecule has 3 aliphatic rings. The molecule has 0 saturated carbocycles. The highest BCUT2D eigenvalue weighted by molar-refractivity contribution is 7.99. The molecule has 3 unspecified atom stereocenters. The van der Waals surface area contributed by atoms with Gasteiger partial charge in [-0.25, -0.2) is 47.5 Å². The molecule has 2 aromatic carbocycles. The largest absolute Gasteiger partial charge is 0.457 e. The van der Waals surface area contributed by atoms with E-state index in [0.717, 1.165) is 5.39 Å². The van der Waals surface area contributed by atoms with E-state index in [4.69, 9.17) is 14.5 Å². The van der Waals surface area contributed by atoms with E-state index in [-0.39, 0.29) is 83.6 Å². The molecule has 1 spiro atoms. The minimum absolute atomic E-state index is 0.0803. The Morgan fingerprint density at radius 2 is 1.27 bits per heavy atom. The van der Waals surface area contributed by atoms with Gasteiger partial charge in [0.2, 0.25) is 17.8 Å². The first-order valence-electron chi connectivity index (χ1n) is 25.2. The summed E-state index contributed by atoms with van der Waals surface area (Å²) in [6.45, 7) is 1.04. The molecule has 3 aliphatic heterocycles. The highest BCUT2D eigenvalue weighted by Crippen LogP contribution is 2.52. The number of rotatable bonds is 16. The molecular weight excluding hydrogens is 1030 g/mol. The third-order valence-electron chi connectivity index (χ3n) is 14.5. The molecule has 2 N–H and O–H groups in total. The van der Waals surface area contributed by atoms with E-state index in [1.165, 1.54) is 64.6 Å². The number of benzene rings is 2. The van der Waals surface area contributed by atoms with Gasteiger partial charge in [0.25, 0.3) is 17.0 Å². The summed E-state index contributed by atoms with van der Waals surface area (Å²) in [5.74, 6) is -2.98. The topological polar surface area (TPSA) is 201 Å². The van der Waals surface area contributed by atoms with Crippen LogP contribution >= 0.6 is 11.8 Å². The van der Waals surface area contributed by atoms with Crippen LogP contribution < -0.4 is 36.1 Å². The number of nitrogens with one attached hydrogen (secondary N) is 2. The number of nitrogens with zero attached hydrogens (tertiary/aromatic N) is 10. The molecule has 400 valence electrons. The van der Waals surface area contributed by atoms with Gasteiger partial charge in [-0.1, -0.05) is 23.9 Å². The van der Waals surface area contributed by atoms with Gasteiger partial charge in [0.1, 0.15) is 53.3 Å². The minimum atomic E-state index is -2.84. The average Bonchev–Trinajstić information content (AvgIpc) is 3.81. The van der Waals surface area contributed by atoms with Crippen molar-refractivity contribution in [1.29, 1.82) is 0 Å². The van der Waals surface area contributed by atoms with Gasteiger partial charge in [0.15, 0.2) is 5.16 Å². The van der Waals surface area contributed by atoms with Gasteiger partial charge in [-0.2, -0.15) is 0 Å². The Morgan fingerprint density at radius 3 is 1.85 bits per heavy atom. The smallest absolute Gasteiger partial charge is 0.301 e. The van der Waals surface area contributed by atoms with E-state index < -0.39 is 23.9 Å². The van der Waals surface area contributed by atoms with Crippen LogP contribution in [-0.4, -0.2) is 111 Å². The Labute approximate surface area is 447 Å². The fourth-order valence-corrected chi connectivity index (χ4v) is 11.6. The van der Waals surface area contributed by atoms with Gasteiger partial charge in [-0.15, -0.1) is 0 Å². The van der Waals surface area contributed by atoms with Crippen LogP contribution in [0.5, 0.6) is 23.0 Å². The molecule has 23 heteroatoms. The number of pyridine rings is 4. The monoisotopic (exact) mass is 1080 g/mol. The first-order valence-corrected chi connectivity index (χ1v) is 26.2. The predicted molar refractivity (Wildman–Crippen MR) is 285 cm³/mol. The van der Waals surface area contributed by atoms with E-state index >= 15 is 0 Å². The summed E-state index contributed by atoms with van der Waals surface area (Å²) < 4.78 is 72.5. The van der Waals surface area contributed by atoms with Crippen LogP contribution in [-0.2, 0) is 23.7 Å². The Balaban J connectivity index is 0.685. The zero-order valence-electron chi connectivity index (χ0n) is 42.5. The van der Waals surface area contributed by atoms with Crippen molar-refractivity contribution < 1.29 is 41.1 Å². The lowest BCUT2D eigenvalue weighted by molar-refractivity contribution is -0.818. The molecule has 3 atom stereocenters. The molecule has 78 heavy (non-hydrogen) atoms. The number of thioether (sulfide) groups is 1. The SMILES string of the molecule is CC(=O)Nc1cc(Oc2ccc3nc(-c4cnc(SCCC5C(CCC(=O)Nc6cc(Oc7ccc8nc(-c9cnc(N%10CCC(F)(F)C%10)n(C)c9=O)ccc8c7)ccn6)[N+]56CCC(F)(F)C6)n(C)c4=O)ccc3c2)ccn1. The van der Waals surface area contributed by atoms with E-state index in [1.54, 1.807) is 79.8 Å². The van der Waals surface area contributed by atoms with Gasteiger partial charge in [-0.3, -0.25) is 28.3 Å². The number of quaternary nitrogens is 1. The maximum Gasteiger partial charge on any atom is 0.301 e. The van der Waals surface area contributed by atoms with Gasteiger partial charge in [0.05, 0.1) is 53.1 Å². The molecule has 11 rings (SSSR count). The van der Waals surface area contributed by atoms with Crippen molar-refractivity contribution in [3.8, 4) is 45.5 Å². The Kier molecular flexibility index (Phi) is 13.7. The molecule has 3 saturated heterocycles. The summed E-state index contributed by atoms with van der Waals surface area (Å²) in [5.41, 5.74) is 1.88. The van der Waals surface area contributed by atoms with Gasteiger partial charge in [0, 0.05) is 107 Å². The van der Waals surface area contributed by atoms with E-state index in [9.17, 15) is 36.7 Å². The number of aromatic nitrogens is 8. The minimum Gasteiger partial charge on any atom is -0.457 e. The molecule has 0 radical (unpaired) electrons. The van der Waals surface area contributed by atoms with Crippen LogP contribution in [0.25, 0.3) is 44.3 Å². The first-order chi connectivity index (χ1) is 37.4. The number of halogens is 4. The average molecular weight is 1080 g/mol. The molecular formula is C55H51F4N12O6S+.